The van der Waals surface area contributed by atoms with Crippen LogP contribution in [0.3, 0.4) is 0 Å². The summed E-state index contributed by atoms with van der Waals surface area (Å²) < 4.78 is 10.6. The lowest BCUT2D eigenvalue weighted by Crippen LogP contribution is -2.57. The van der Waals surface area contributed by atoms with E-state index in [1.54, 1.807) is 11.8 Å². The third-order valence-corrected chi connectivity index (χ3v) is 6.29. The molecule has 1 heterocycles. The Morgan fingerprint density at radius 3 is 2.48 bits per heavy atom. The van der Waals surface area contributed by atoms with Crippen LogP contribution in [0, 0.1) is 17.3 Å². The second-order valence-corrected chi connectivity index (χ2v) is 9.55. The van der Waals surface area contributed by atoms with Crippen molar-refractivity contribution >= 4 is 18.0 Å². The lowest BCUT2D eigenvalue weighted by atomic mass is 9.85. The maximum absolute atomic E-state index is 13.6. The molecule has 1 saturated heterocycles. The lowest BCUT2D eigenvalue weighted by Gasteiger charge is -2.35. The molecule has 2 aliphatic rings. The van der Waals surface area contributed by atoms with Crippen molar-refractivity contribution in [3.05, 3.63) is 35.9 Å². The highest BCUT2D eigenvalue weighted by Crippen LogP contribution is 2.43. The van der Waals surface area contributed by atoms with Gasteiger partial charge in [-0.25, -0.2) is 9.59 Å². The molecule has 1 aromatic carbocycles. The average Bonchev–Trinajstić information content (AvgIpc) is 3.31. The van der Waals surface area contributed by atoms with Crippen molar-refractivity contribution in [2.24, 2.45) is 17.3 Å². The van der Waals surface area contributed by atoms with E-state index >= 15 is 0 Å². The van der Waals surface area contributed by atoms with Crippen molar-refractivity contribution < 1.29 is 23.9 Å². The topological polar surface area (TPSA) is 84.9 Å². The maximum Gasteiger partial charge on any atom is 0.408 e. The number of hydrogen-bond donors (Lipinski definition) is 1. The van der Waals surface area contributed by atoms with Crippen molar-refractivity contribution in [2.75, 3.05) is 13.2 Å². The van der Waals surface area contributed by atoms with E-state index in [4.69, 9.17) is 9.47 Å². The SMILES string of the molecule is CCOC(=O)[C@@H]1[C@H]2CCC[C@H]2CN1C(=O)[C@@H](NC(=O)OCc1ccccc1)C(C)(C)C. The Morgan fingerprint density at radius 2 is 1.84 bits per heavy atom. The van der Waals surface area contributed by atoms with Gasteiger partial charge in [0.1, 0.15) is 18.7 Å². The predicted molar refractivity (Wildman–Crippen MR) is 116 cm³/mol. The van der Waals surface area contributed by atoms with Crippen LogP contribution in [-0.2, 0) is 25.7 Å². The lowest BCUT2D eigenvalue weighted by molar-refractivity contribution is -0.155. The highest BCUT2D eigenvalue weighted by molar-refractivity contribution is 5.91. The van der Waals surface area contributed by atoms with Crippen LogP contribution in [-0.4, -0.2) is 48.1 Å². The van der Waals surface area contributed by atoms with Crippen molar-refractivity contribution in [1.29, 1.82) is 0 Å². The van der Waals surface area contributed by atoms with Gasteiger partial charge in [-0.1, -0.05) is 57.5 Å². The molecule has 0 bridgehead atoms. The number of rotatable bonds is 6. The molecule has 0 unspecified atom stereocenters. The zero-order valence-corrected chi connectivity index (χ0v) is 18.9. The van der Waals surface area contributed by atoms with Gasteiger partial charge >= 0.3 is 12.1 Å². The van der Waals surface area contributed by atoms with Crippen LogP contribution in [0.4, 0.5) is 4.79 Å². The minimum Gasteiger partial charge on any atom is -0.464 e. The second kappa shape index (κ2) is 9.71. The predicted octanol–water partition coefficient (Wildman–Crippen LogP) is 3.52. The molecule has 1 aliphatic carbocycles. The van der Waals surface area contributed by atoms with Gasteiger partial charge in [0, 0.05) is 6.54 Å². The smallest absolute Gasteiger partial charge is 0.408 e. The van der Waals surface area contributed by atoms with Crippen LogP contribution in [0.2, 0.25) is 0 Å². The summed E-state index contributed by atoms with van der Waals surface area (Å²) >= 11 is 0. The average molecular weight is 431 g/mol. The molecule has 2 amide bonds. The highest BCUT2D eigenvalue weighted by Gasteiger charge is 2.52. The summed E-state index contributed by atoms with van der Waals surface area (Å²) in [5.41, 5.74) is 0.311. The number of hydrogen-bond acceptors (Lipinski definition) is 5. The Labute approximate surface area is 184 Å². The fourth-order valence-electron chi connectivity index (χ4n) is 4.76. The summed E-state index contributed by atoms with van der Waals surface area (Å²) in [5, 5.41) is 2.76. The molecule has 7 nitrogen and oxygen atoms in total. The molecule has 3 rings (SSSR count). The van der Waals surface area contributed by atoms with Crippen LogP contribution in [0.5, 0.6) is 0 Å². The van der Waals surface area contributed by atoms with Gasteiger partial charge in [-0.15, -0.1) is 0 Å². The monoisotopic (exact) mass is 430 g/mol. The number of alkyl carbamates (subject to hydrolysis) is 1. The normalized spacial score (nSPS) is 23.7. The van der Waals surface area contributed by atoms with Gasteiger partial charge in [-0.05, 0) is 42.6 Å². The minimum absolute atomic E-state index is 0.122. The number of fused-ring (bicyclic) bond motifs is 1. The Balaban J connectivity index is 1.72. The number of benzene rings is 1. The first-order chi connectivity index (χ1) is 14.7. The van der Waals surface area contributed by atoms with Crippen LogP contribution in [0.25, 0.3) is 0 Å². The molecule has 0 aromatic heterocycles. The molecule has 0 spiro atoms. The summed E-state index contributed by atoms with van der Waals surface area (Å²) in [5.74, 6) is -0.154. The number of nitrogens with zero attached hydrogens (tertiary/aromatic N) is 1. The first kappa shape index (κ1) is 23.1. The third kappa shape index (κ3) is 5.38. The Morgan fingerprint density at radius 1 is 1.13 bits per heavy atom. The van der Waals surface area contributed by atoms with Gasteiger partial charge < -0.3 is 19.7 Å². The number of amides is 2. The van der Waals surface area contributed by atoms with Crippen LogP contribution in [0.1, 0.15) is 52.5 Å². The zero-order valence-electron chi connectivity index (χ0n) is 18.9. The molecule has 0 radical (unpaired) electrons. The Hall–Kier alpha value is -2.57. The van der Waals surface area contributed by atoms with E-state index in [0.717, 1.165) is 24.8 Å². The molecular formula is C24H34N2O5. The van der Waals surface area contributed by atoms with Crippen LogP contribution >= 0.6 is 0 Å². The van der Waals surface area contributed by atoms with E-state index in [-0.39, 0.29) is 31.0 Å². The van der Waals surface area contributed by atoms with E-state index in [0.29, 0.717) is 12.5 Å². The second-order valence-electron chi connectivity index (χ2n) is 9.55. The van der Waals surface area contributed by atoms with Gasteiger partial charge in [0.15, 0.2) is 0 Å². The Kier molecular flexibility index (Phi) is 7.23. The number of carbonyl (C=O) groups is 3. The first-order valence-electron chi connectivity index (χ1n) is 11.2. The fraction of sp³-hybridized carbons (Fsp3) is 0.625. The molecule has 1 aromatic rings. The largest absolute Gasteiger partial charge is 0.464 e. The van der Waals surface area contributed by atoms with Gasteiger partial charge in [0.25, 0.3) is 0 Å². The highest BCUT2D eigenvalue weighted by atomic mass is 16.5. The van der Waals surface area contributed by atoms with Gasteiger partial charge in [0.2, 0.25) is 5.91 Å². The standard InChI is InChI=1S/C24H34N2O5/c1-5-30-22(28)19-18-13-9-12-17(18)14-26(19)21(27)20(24(2,3)4)25-23(29)31-15-16-10-7-6-8-11-16/h6-8,10-11,17-20H,5,9,12-15H2,1-4H3,(H,25,29)/t17-,18-,19-,20+/m0/s1. The molecule has 7 heteroatoms. The number of likely N-dealkylation sites (tertiary alicyclic amines) is 1. The number of carbonyl (C=O) groups excluding carboxylic acids is 3. The molecule has 170 valence electrons. The van der Waals surface area contributed by atoms with Gasteiger partial charge in [-0.2, -0.15) is 0 Å². The van der Waals surface area contributed by atoms with Crippen LogP contribution in [0.15, 0.2) is 30.3 Å². The van der Waals surface area contributed by atoms with Gasteiger partial charge in [0.05, 0.1) is 6.61 Å². The molecule has 1 saturated carbocycles. The fourth-order valence-corrected chi connectivity index (χ4v) is 4.76. The minimum atomic E-state index is -0.813. The summed E-state index contributed by atoms with van der Waals surface area (Å²) in [7, 11) is 0. The summed E-state index contributed by atoms with van der Waals surface area (Å²) in [6, 6.07) is 7.98. The van der Waals surface area contributed by atoms with Crippen molar-refractivity contribution in [2.45, 2.75) is 65.6 Å². The van der Waals surface area contributed by atoms with E-state index in [1.165, 1.54) is 0 Å². The zero-order chi connectivity index (χ0) is 22.6. The molecule has 1 N–H and O–H groups in total. The molecule has 2 fully saturated rings. The molecule has 31 heavy (non-hydrogen) atoms. The van der Waals surface area contributed by atoms with E-state index < -0.39 is 23.6 Å². The summed E-state index contributed by atoms with van der Waals surface area (Å²) in [4.78, 5) is 40.5. The van der Waals surface area contributed by atoms with E-state index in [9.17, 15) is 14.4 Å². The molecule has 1 aliphatic heterocycles. The third-order valence-electron chi connectivity index (χ3n) is 6.29. The van der Waals surface area contributed by atoms with Crippen LogP contribution < -0.4 is 5.32 Å². The quantitative estimate of drug-likeness (QED) is 0.698. The van der Waals surface area contributed by atoms with Crippen molar-refractivity contribution in [3.63, 3.8) is 0 Å². The molecular weight excluding hydrogens is 396 g/mol. The van der Waals surface area contributed by atoms with Crippen molar-refractivity contribution in [1.82, 2.24) is 10.2 Å². The molecule has 4 atom stereocenters. The maximum atomic E-state index is 13.6. The Bertz CT molecular complexity index is 789. The first-order valence-corrected chi connectivity index (χ1v) is 11.2. The summed E-state index contributed by atoms with van der Waals surface area (Å²) in [6.45, 7) is 8.38. The number of ether oxygens (including phenoxy) is 2. The number of esters is 1. The van der Waals surface area contributed by atoms with E-state index in [1.807, 2.05) is 51.1 Å². The van der Waals surface area contributed by atoms with Gasteiger partial charge in [-0.3, -0.25) is 4.79 Å². The van der Waals surface area contributed by atoms with E-state index in [2.05, 4.69) is 5.32 Å². The van der Waals surface area contributed by atoms with Crippen molar-refractivity contribution in [3.8, 4) is 0 Å². The summed E-state index contributed by atoms with van der Waals surface area (Å²) in [6.07, 6.45) is 2.35. The number of nitrogens with one attached hydrogen (secondary N) is 1.